The number of ether oxygens (including phenoxy) is 1. The molecule has 0 fully saturated rings. The van der Waals surface area contributed by atoms with Crippen molar-refractivity contribution in [3.63, 3.8) is 0 Å². The third kappa shape index (κ3) is 7.19. The highest BCUT2D eigenvalue weighted by Crippen LogP contribution is 2.66. The lowest BCUT2D eigenvalue weighted by Crippen LogP contribution is -2.76. The molecule has 0 spiro atoms. The molecule has 0 aromatic rings. The number of carboxylic acids is 1. The molecule has 0 aromatic carbocycles. The maximum absolute atomic E-state index is 13.6. The molecule has 0 aliphatic carbocycles. The molecule has 1 N–H and O–H groups in total. The lowest BCUT2D eigenvalue weighted by atomic mass is 9.85. The second-order valence-corrected chi connectivity index (χ2v) is 8.16. The van der Waals surface area contributed by atoms with Gasteiger partial charge in [-0.05, 0) is 13.3 Å². The number of carbonyl (C=O) groups is 2. The lowest BCUT2D eigenvalue weighted by molar-refractivity contribution is -0.474. The Morgan fingerprint density at radius 3 is 1.11 bits per heavy atom. The zero-order chi connectivity index (χ0) is 37.3. The highest BCUT2D eigenvalue weighted by atomic mass is 19.4. The van der Waals surface area contributed by atoms with Crippen LogP contribution >= 0.6 is 0 Å². The van der Waals surface area contributed by atoms with Crippen LogP contribution in [-0.2, 0) is 14.3 Å². The summed E-state index contributed by atoms with van der Waals surface area (Å²) in [5.74, 6) is -80.3. The number of hydrogen-bond donors (Lipinski definition) is 1. The van der Waals surface area contributed by atoms with E-state index in [2.05, 4.69) is 17.9 Å². The van der Waals surface area contributed by atoms with Crippen molar-refractivity contribution >= 4 is 11.9 Å². The summed E-state index contributed by atoms with van der Waals surface area (Å²) in [4.78, 5) is 20.4. The molecule has 0 unspecified atom stereocenters. The highest BCUT2D eigenvalue weighted by Gasteiger charge is 2.97. The van der Waals surface area contributed by atoms with Gasteiger partial charge < -0.3 is 9.84 Å². The van der Waals surface area contributed by atoms with E-state index in [0.717, 1.165) is 6.08 Å². The van der Waals surface area contributed by atoms with Gasteiger partial charge in [-0.25, -0.2) is 9.59 Å². The van der Waals surface area contributed by atoms with Crippen molar-refractivity contribution < 1.29 is 112 Å². The fourth-order valence-corrected chi connectivity index (χ4v) is 2.36. The number of alkyl halides is 21. The summed E-state index contributed by atoms with van der Waals surface area (Å²) >= 11 is 0. The molecular weight excluding hydrogens is 703 g/mol. The second kappa shape index (κ2) is 13.0. The minimum Gasteiger partial charge on any atom is -0.478 e. The Morgan fingerprint density at radius 1 is 0.600 bits per heavy atom. The van der Waals surface area contributed by atoms with E-state index in [0.29, 0.717) is 6.61 Å². The predicted octanol–water partition coefficient (Wildman–Crippen LogP) is 8.42. The monoisotopic (exact) mass is 718 g/mol. The summed E-state index contributed by atoms with van der Waals surface area (Å²) in [7, 11) is 0. The molecular formula is C20H15F21O4. The molecule has 0 aliphatic rings. The molecule has 45 heavy (non-hydrogen) atoms. The Morgan fingerprint density at radius 2 is 0.889 bits per heavy atom. The van der Waals surface area contributed by atoms with Gasteiger partial charge in [0.25, 0.3) is 0 Å². The van der Waals surface area contributed by atoms with Gasteiger partial charge >= 0.3 is 71.4 Å². The highest BCUT2D eigenvalue weighted by molar-refractivity contribution is 5.85. The zero-order valence-electron chi connectivity index (χ0n) is 21.2. The van der Waals surface area contributed by atoms with Gasteiger partial charge in [0.2, 0.25) is 0 Å². The average Bonchev–Trinajstić information content (AvgIpc) is 2.85. The largest absolute Gasteiger partial charge is 0.478 e. The third-order valence-electron chi connectivity index (χ3n) is 5.07. The molecule has 0 atom stereocenters. The summed E-state index contributed by atoms with van der Waals surface area (Å²) < 4.78 is 281. The summed E-state index contributed by atoms with van der Waals surface area (Å²) in [6.45, 7) is 7.76. The first-order chi connectivity index (χ1) is 19.4. The Balaban J connectivity index is 0. The van der Waals surface area contributed by atoms with Crippen molar-refractivity contribution in [2.75, 3.05) is 6.61 Å². The minimum absolute atomic E-state index is 0.359. The fourth-order valence-electron chi connectivity index (χ4n) is 2.36. The van der Waals surface area contributed by atoms with Gasteiger partial charge in [-0.2, -0.15) is 92.2 Å². The normalized spacial score (nSPS) is 14.7. The molecule has 0 amide bonds. The molecule has 0 heterocycles. The van der Waals surface area contributed by atoms with E-state index in [1.54, 1.807) is 6.92 Å². The molecule has 25 heteroatoms. The molecule has 0 aliphatic heterocycles. The van der Waals surface area contributed by atoms with Crippen LogP contribution in [-0.4, -0.2) is 83.1 Å². The van der Waals surface area contributed by atoms with Crippen LogP contribution in [0.2, 0.25) is 0 Å². The van der Waals surface area contributed by atoms with Gasteiger partial charge in [0.15, 0.2) is 0 Å². The van der Waals surface area contributed by atoms with Gasteiger partial charge in [-0.3, -0.25) is 0 Å². The molecule has 0 saturated heterocycles. The number of rotatable bonds is 14. The molecule has 266 valence electrons. The van der Waals surface area contributed by atoms with E-state index in [4.69, 9.17) is 5.11 Å². The topological polar surface area (TPSA) is 63.6 Å². The maximum Gasteiger partial charge on any atom is 0.460 e. The van der Waals surface area contributed by atoms with Crippen LogP contribution in [0, 0.1) is 0 Å². The number of aliphatic carboxylic acids is 1. The fraction of sp³-hybridized carbons (Fsp3) is 0.700. The van der Waals surface area contributed by atoms with Crippen molar-refractivity contribution in [1.29, 1.82) is 0 Å². The van der Waals surface area contributed by atoms with Gasteiger partial charge in [0.1, 0.15) is 0 Å². The van der Waals surface area contributed by atoms with E-state index in [-0.39, 0.29) is 5.97 Å². The van der Waals surface area contributed by atoms with E-state index >= 15 is 0 Å². The Bertz CT molecular complexity index is 1090. The van der Waals surface area contributed by atoms with Gasteiger partial charge in [0, 0.05) is 18.1 Å². The van der Waals surface area contributed by atoms with Crippen LogP contribution in [0.25, 0.3) is 0 Å². The molecule has 0 rings (SSSR count). The first-order valence-electron chi connectivity index (χ1n) is 10.6. The first kappa shape index (κ1) is 44.1. The van der Waals surface area contributed by atoms with Gasteiger partial charge in [-0.15, -0.1) is 0 Å². The van der Waals surface area contributed by atoms with E-state index in [1.807, 2.05) is 0 Å². The summed E-state index contributed by atoms with van der Waals surface area (Å²) in [6.07, 6.45) is -12.0. The average molecular weight is 718 g/mol. The molecule has 4 nitrogen and oxygen atoms in total. The minimum atomic E-state index is -9.23. The number of carbonyl (C=O) groups excluding carboxylic acids is 1. The quantitative estimate of drug-likeness (QED) is 0.111. The molecule has 0 radical (unpaired) electrons. The number of halogens is 21. The lowest BCUT2D eigenvalue weighted by Gasteiger charge is -2.44. The third-order valence-corrected chi connectivity index (χ3v) is 5.07. The standard InChI is InChI=1S/C15H7F21O2.C5H8O2/c1-4(5(37)38)2-3-6(16,17)7(18,19)8(20,21)9(22,23)10(24,25)11(26,27)12(28,29)13(30,31)14(32,33)15(34,35)36;1-3-5(6)7-4-2/h1-3H2,(H,37,38);3H,1,4H2,2H3. The van der Waals surface area contributed by atoms with E-state index < -0.39 is 83.9 Å². The number of carboxylic acid groups (broad SMARTS) is 1. The number of esters is 1. The first-order valence-corrected chi connectivity index (χ1v) is 10.6. The van der Waals surface area contributed by atoms with Gasteiger partial charge in [0.05, 0.1) is 6.61 Å². The summed E-state index contributed by atoms with van der Waals surface area (Å²) in [6, 6.07) is 0. The summed E-state index contributed by atoms with van der Waals surface area (Å²) in [5, 5.41) is 8.28. The maximum atomic E-state index is 13.6. The van der Waals surface area contributed by atoms with E-state index in [9.17, 15) is 102 Å². The van der Waals surface area contributed by atoms with Crippen LogP contribution in [0.15, 0.2) is 24.8 Å². The smallest absolute Gasteiger partial charge is 0.460 e. The molecule has 0 aromatic heterocycles. The Labute approximate surface area is 235 Å². The Hall–Kier alpha value is -3.05. The van der Waals surface area contributed by atoms with Crippen LogP contribution in [0.1, 0.15) is 19.8 Å². The van der Waals surface area contributed by atoms with Crippen molar-refractivity contribution in [1.82, 2.24) is 0 Å². The van der Waals surface area contributed by atoms with Crippen molar-refractivity contribution in [2.24, 2.45) is 0 Å². The number of hydrogen-bond acceptors (Lipinski definition) is 3. The van der Waals surface area contributed by atoms with Gasteiger partial charge in [-0.1, -0.05) is 13.2 Å². The SMILES string of the molecule is C=C(CCC(F)(F)C(F)(F)C(F)(F)C(F)(F)C(F)(F)C(F)(F)C(F)(F)C(F)(F)C(F)(F)C(F)(F)F)C(=O)O.C=CC(=O)OCC. The predicted molar refractivity (Wildman–Crippen MR) is 103 cm³/mol. The molecule has 0 saturated carbocycles. The Kier molecular flexibility index (Phi) is 12.7. The van der Waals surface area contributed by atoms with Crippen LogP contribution in [0.5, 0.6) is 0 Å². The second-order valence-electron chi connectivity index (χ2n) is 8.16. The van der Waals surface area contributed by atoms with Crippen LogP contribution in [0.3, 0.4) is 0 Å². The van der Waals surface area contributed by atoms with Crippen molar-refractivity contribution in [2.45, 2.75) is 79.2 Å². The molecule has 0 bridgehead atoms. The van der Waals surface area contributed by atoms with Crippen LogP contribution in [0.4, 0.5) is 92.2 Å². The summed E-state index contributed by atoms with van der Waals surface area (Å²) in [5.41, 5.74) is -1.56. The van der Waals surface area contributed by atoms with E-state index in [1.165, 1.54) is 0 Å². The zero-order valence-corrected chi connectivity index (χ0v) is 21.2. The van der Waals surface area contributed by atoms with Crippen LogP contribution < -0.4 is 0 Å². The van der Waals surface area contributed by atoms with Crippen molar-refractivity contribution in [3.8, 4) is 0 Å². The van der Waals surface area contributed by atoms with Crippen molar-refractivity contribution in [3.05, 3.63) is 24.8 Å².